The number of aromatic nitrogens is 1. The second-order valence-electron chi connectivity index (χ2n) is 4.12. The first kappa shape index (κ1) is 11.9. The van der Waals surface area contributed by atoms with Gasteiger partial charge in [-0.05, 0) is 26.3 Å². The molecule has 0 saturated carbocycles. The van der Waals surface area contributed by atoms with E-state index in [4.69, 9.17) is 4.52 Å². The number of rotatable bonds is 4. The first-order valence-electron chi connectivity index (χ1n) is 5.85. The highest BCUT2D eigenvalue weighted by Crippen LogP contribution is 2.09. The summed E-state index contributed by atoms with van der Waals surface area (Å²) in [5.74, 6) is 0.446. The Morgan fingerprint density at radius 1 is 1.65 bits per heavy atom. The molecule has 5 heteroatoms. The summed E-state index contributed by atoms with van der Waals surface area (Å²) in [5.41, 5.74) is 1.93. The number of aryl methyl sites for hydroxylation is 1. The maximum absolute atomic E-state index is 11.7. The summed E-state index contributed by atoms with van der Waals surface area (Å²) in [6.07, 6.45) is 5.63. The molecule has 2 heterocycles. The van der Waals surface area contributed by atoms with Crippen LogP contribution in [0.1, 0.15) is 29.0 Å². The highest BCUT2D eigenvalue weighted by Gasteiger charge is 2.12. The van der Waals surface area contributed by atoms with Gasteiger partial charge >= 0.3 is 0 Å². The van der Waals surface area contributed by atoms with Crippen molar-refractivity contribution in [1.29, 1.82) is 0 Å². The summed E-state index contributed by atoms with van der Waals surface area (Å²) in [4.78, 5) is 11.7. The molecule has 0 aromatic carbocycles. The molecule has 5 nitrogen and oxygen atoms in total. The summed E-state index contributed by atoms with van der Waals surface area (Å²) in [5, 5.41) is 9.72. The number of nitrogens with zero attached hydrogens (tertiary/aromatic N) is 1. The van der Waals surface area contributed by atoms with Crippen LogP contribution in [-0.2, 0) is 0 Å². The van der Waals surface area contributed by atoms with E-state index in [2.05, 4.69) is 21.9 Å². The van der Waals surface area contributed by atoms with Gasteiger partial charge in [0.05, 0.1) is 6.20 Å². The van der Waals surface area contributed by atoms with Crippen LogP contribution in [0.5, 0.6) is 0 Å². The molecule has 0 aliphatic carbocycles. The monoisotopic (exact) mass is 235 g/mol. The van der Waals surface area contributed by atoms with Crippen LogP contribution in [0.25, 0.3) is 0 Å². The van der Waals surface area contributed by atoms with E-state index in [0.717, 1.165) is 25.9 Å². The van der Waals surface area contributed by atoms with Gasteiger partial charge in [0.1, 0.15) is 11.3 Å². The van der Waals surface area contributed by atoms with Crippen LogP contribution in [0.15, 0.2) is 22.4 Å². The van der Waals surface area contributed by atoms with Gasteiger partial charge in [0, 0.05) is 13.1 Å². The SMILES string of the molecule is Cc1oncc1C(=O)NCCC1=CCNCC1. The predicted molar refractivity (Wildman–Crippen MR) is 63.8 cm³/mol. The highest BCUT2D eigenvalue weighted by molar-refractivity contribution is 5.94. The minimum absolute atomic E-state index is 0.113. The van der Waals surface area contributed by atoms with E-state index < -0.39 is 0 Å². The molecule has 92 valence electrons. The van der Waals surface area contributed by atoms with Crippen molar-refractivity contribution >= 4 is 5.91 Å². The van der Waals surface area contributed by atoms with Crippen LogP contribution in [-0.4, -0.2) is 30.7 Å². The van der Waals surface area contributed by atoms with E-state index in [0.29, 0.717) is 17.9 Å². The normalized spacial score (nSPS) is 15.5. The van der Waals surface area contributed by atoms with Crippen molar-refractivity contribution in [3.8, 4) is 0 Å². The lowest BCUT2D eigenvalue weighted by Gasteiger charge is -2.13. The van der Waals surface area contributed by atoms with Crippen molar-refractivity contribution in [3.05, 3.63) is 29.2 Å². The largest absolute Gasteiger partial charge is 0.361 e. The molecule has 2 rings (SSSR count). The molecule has 0 spiro atoms. The van der Waals surface area contributed by atoms with E-state index >= 15 is 0 Å². The molecular formula is C12H17N3O2. The van der Waals surface area contributed by atoms with Gasteiger partial charge < -0.3 is 15.2 Å². The number of carbonyl (C=O) groups excluding carboxylic acids is 1. The molecule has 1 aliphatic rings. The van der Waals surface area contributed by atoms with Crippen LogP contribution in [0.3, 0.4) is 0 Å². The second kappa shape index (κ2) is 5.63. The van der Waals surface area contributed by atoms with Gasteiger partial charge in [0.15, 0.2) is 0 Å². The summed E-state index contributed by atoms with van der Waals surface area (Å²) < 4.78 is 4.85. The van der Waals surface area contributed by atoms with Crippen molar-refractivity contribution < 1.29 is 9.32 Å². The number of nitrogens with one attached hydrogen (secondary N) is 2. The topological polar surface area (TPSA) is 67.2 Å². The van der Waals surface area contributed by atoms with Gasteiger partial charge in [-0.3, -0.25) is 4.79 Å². The van der Waals surface area contributed by atoms with Crippen LogP contribution in [0.4, 0.5) is 0 Å². The maximum Gasteiger partial charge on any atom is 0.256 e. The number of amides is 1. The van der Waals surface area contributed by atoms with E-state index in [1.165, 1.54) is 11.8 Å². The smallest absolute Gasteiger partial charge is 0.256 e. The van der Waals surface area contributed by atoms with Gasteiger partial charge in [0.25, 0.3) is 5.91 Å². The zero-order chi connectivity index (χ0) is 12.1. The second-order valence-corrected chi connectivity index (χ2v) is 4.12. The lowest BCUT2D eigenvalue weighted by molar-refractivity contribution is 0.0952. The van der Waals surface area contributed by atoms with Crippen molar-refractivity contribution in [2.24, 2.45) is 0 Å². The fraction of sp³-hybridized carbons (Fsp3) is 0.500. The van der Waals surface area contributed by atoms with Gasteiger partial charge in [0.2, 0.25) is 0 Å². The standard InChI is InChI=1S/C12H17N3O2/c1-9-11(8-15-17-9)12(16)14-7-4-10-2-5-13-6-3-10/h2,8,13H,3-7H2,1H3,(H,14,16). The molecule has 0 radical (unpaired) electrons. The minimum atomic E-state index is -0.113. The van der Waals surface area contributed by atoms with Crippen molar-refractivity contribution in [3.63, 3.8) is 0 Å². The Labute approximate surface area is 100 Å². The minimum Gasteiger partial charge on any atom is -0.361 e. The van der Waals surface area contributed by atoms with Crippen LogP contribution in [0.2, 0.25) is 0 Å². The summed E-state index contributed by atoms with van der Waals surface area (Å²) in [6.45, 7) is 4.37. The average Bonchev–Trinajstić information content (AvgIpc) is 2.77. The van der Waals surface area contributed by atoms with Crippen LogP contribution in [0, 0.1) is 6.92 Å². The lowest BCUT2D eigenvalue weighted by Crippen LogP contribution is -2.26. The lowest BCUT2D eigenvalue weighted by atomic mass is 10.1. The first-order chi connectivity index (χ1) is 8.27. The van der Waals surface area contributed by atoms with Crippen molar-refractivity contribution in [1.82, 2.24) is 15.8 Å². The molecule has 0 bridgehead atoms. The Bertz CT molecular complexity index is 423. The fourth-order valence-electron chi connectivity index (χ4n) is 1.85. The Morgan fingerprint density at radius 2 is 2.53 bits per heavy atom. The van der Waals surface area contributed by atoms with Crippen LogP contribution < -0.4 is 10.6 Å². The Morgan fingerprint density at radius 3 is 3.18 bits per heavy atom. The number of hydrogen-bond acceptors (Lipinski definition) is 4. The third-order valence-corrected chi connectivity index (χ3v) is 2.88. The van der Waals surface area contributed by atoms with E-state index in [1.807, 2.05) is 0 Å². The van der Waals surface area contributed by atoms with Gasteiger partial charge in [-0.15, -0.1) is 0 Å². The zero-order valence-corrected chi connectivity index (χ0v) is 9.95. The fourth-order valence-corrected chi connectivity index (χ4v) is 1.85. The maximum atomic E-state index is 11.7. The Balaban J connectivity index is 1.77. The molecule has 1 aromatic rings. The van der Waals surface area contributed by atoms with Gasteiger partial charge in [-0.1, -0.05) is 16.8 Å². The molecule has 0 unspecified atom stereocenters. The highest BCUT2D eigenvalue weighted by atomic mass is 16.5. The summed E-state index contributed by atoms with van der Waals surface area (Å²) in [7, 11) is 0. The third-order valence-electron chi connectivity index (χ3n) is 2.88. The number of hydrogen-bond donors (Lipinski definition) is 2. The van der Waals surface area contributed by atoms with Crippen molar-refractivity contribution in [2.45, 2.75) is 19.8 Å². The summed E-state index contributed by atoms with van der Waals surface area (Å²) >= 11 is 0. The van der Waals surface area contributed by atoms with E-state index in [-0.39, 0.29) is 5.91 Å². The molecule has 0 saturated heterocycles. The van der Waals surface area contributed by atoms with E-state index in [9.17, 15) is 4.79 Å². The zero-order valence-electron chi connectivity index (χ0n) is 9.95. The molecule has 1 aromatic heterocycles. The van der Waals surface area contributed by atoms with Crippen molar-refractivity contribution in [2.75, 3.05) is 19.6 Å². The first-order valence-corrected chi connectivity index (χ1v) is 5.85. The van der Waals surface area contributed by atoms with Gasteiger partial charge in [-0.2, -0.15) is 0 Å². The Hall–Kier alpha value is -1.62. The Kier molecular flexibility index (Phi) is 3.93. The third kappa shape index (κ3) is 3.17. The molecule has 0 fully saturated rings. The van der Waals surface area contributed by atoms with Crippen LogP contribution >= 0.6 is 0 Å². The van der Waals surface area contributed by atoms with Gasteiger partial charge in [-0.25, -0.2) is 0 Å². The molecule has 1 aliphatic heterocycles. The molecule has 0 atom stereocenters. The predicted octanol–water partition coefficient (Wildman–Crippen LogP) is 1.02. The number of carbonyl (C=O) groups is 1. The average molecular weight is 235 g/mol. The molecule has 17 heavy (non-hydrogen) atoms. The molecule has 1 amide bonds. The quantitative estimate of drug-likeness (QED) is 0.765. The molecular weight excluding hydrogens is 218 g/mol. The summed E-state index contributed by atoms with van der Waals surface area (Å²) in [6, 6.07) is 0. The van der Waals surface area contributed by atoms with E-state index in [1.54, 1.807) is 6.92 Å². The molecule has 2 N–H and O–H groups in total.